The van der Waals surface area contributed by atoms with Crippen LogP contribution in [0.3, 0.4) is 0 Å². The van der Waals surface area contributed by atoms with Crippen LogP contribution in [-0.4, -0.2) is 35.6 Å². The van der Waals surface area contributed by atoms with Crippen LogP contribution >= 0.6 is 0 Å². The highest BCUT2D eigenvalue weighted by atomic mass is 15.3. The van der Waals surface area contributed by atoms with Crippen LogP contribution < -0.4 is 5.32 Å². The topological polar surface area (TPSA) is 15.3 Å². The van der Waals surface area contributed by atoms with Gasteiger partial charge in [0, 0.05) is 30.7 Å². The second kappa shape index (κ2) is 5.16. The summed E-state index contributed by atoms with van der Waals surface area (Å²) < 4.78 is 0. The monoisotopic (exact) mass is 272 g/mol. The number of nitrogens with one attached hydrogen (secondary N) is 1. The maximum atomic E-state index is 3.72. The van der Waals surface area contributed by atoms with Gasteiger partial charge in [-0.05, 0) is 43.7 Å². The molecule has 1 unspecified atom stereocenters. The maximum absolute atomic E-state index is 3.72. The Labute approximate surface area is 123 Å². The van der Waals surface area contributed by atoms with Crippen molar-refractivity contribution in [1.82, 2.24) is 10.2 Å². The number of rotatable bonds is 2. The molecule has 0 radical (unpaired) electrons. The Morgan fingerprint density at radius 2 is 1.75 bits per heavy atom. The third-order valence-electron chi connectivity index (χ3n) is 5.06. The number of nitrogens with zero attached hydrogens (tertiary/aromatic N) is 1. The van der Waals surface area contributed by atoms with Crippen LogP contribution in [0.4, 0.5) is 0 Å². The minimum atomic E-state index is 0.236. The molecule has 3 rings (SSSR count). The smallest absolute Gasteiger partial charge is 0.0253 e. The number of fused-ring (bicyclic) bond motifs is 1. The molecule has 0 amide bonds. The predicted molar refractivity (Wildman–Crippen MR) is 85.1 cm³/mol. The Kier molecular flexibility index (Phi) is 3.64. The van der Waals surface area contributed by atoms with Gasteiger partial charge in [0.2, 0.25) is 0 Å². The summed E-state index contributed by atoms with van der Waals surface area (Å²) in [5.74, 6) is 0.710. The Morgan fingerprint density at radius 1 is 1.15 bits per heavy atom. The molecule has 1 fully saturated rings. The number of piperazine rings is 1. The van der Waals surface area contributed by atoms with Gasteiger partial charge in [0.1, 0.15) is 0 Å². The molecule has 1 atom stereocenters. The summed E-state index contributed by atoms with van der Waals surface area (Å²) in [6.07, 6.45) is 2.46. The summed E-state index contributed by atoms with van der Waals surface area (Å²) in [7, 11) is 0. The van der Waals surface area contributed by atoms with Gasteiger partial charge in [-0.25, -0.2) is 0 Å². The van der Waals surface area contributed by atoms with Crippen molar-refractivity contribution in [1.29, 1.82) is 0 Å². The van der Waals surface area contributed by atoms with E-state index in [-0.39, 0.29) is 5.54 Å². The lowest BCUT2D eigenvalue weighted by Crippen LogP contribution is -2.65. The highest BCUT2D eigenvalue weighted by molar-refractivity contribution is 5.33. The number of benzene rings is 1. The van der Waals surface area contributed by atoms with Crippen LogP contribution in [0.5, 0.6) is 0 Å². The first-order valence-electron chi connectivity index (χ1n) is 8.04. The lowest BCUT2D eigenvalue weighted by molar-refractivity contribution is 0.0349. The van der Waals surface area contributed by atoms with E-state index >= 15 is 0 Å². The van der Waals surface area contributed by atoms with Crippen LogP contribution in [0.2, 0.25) is 0 Å². The van der Waals surface area contributed by atoms with Crippen molar-refractivity contribution < 1.29 is 0 Å². The van der Waals surface area contributed by atoms with Gasteiger partial charge in [0.05, 0.1) is 0 Å². The molecule has 1 aliphatic heterocycles. The average molecular weight is 272 g/mol. The van der Waals surface area contributed by atoms with Crippen LogP contribution in [0.15, 0.2) is 24.3 Å². The Balaban J connectivity index is 1.80. The normalized spacial score (nSPS) is 26.9. The lowest BCUT2D eigenvalue weighted by Gasteiger charge is -2.49. The van der Waals surface area contributed by atoms with Crippen LogP contribution in [-0.2, 0) is 12.8 Å². The van der Waals surface area contributed by atoms with E-state index in [9.17, 15) is 0 Å². The van der Waals surface area contributed by atoms with Gasteiger partial charge >= 0.3 is 0 Å². The molecule has 20 heavy (non-hydrogen) atoms. The molecule has 1 heterocycles. The molecule has 0 aromatic heterocycles. The van der Waals surface area contributed by atoms with E-state index in [2.05, 4.69) is 62.2 Å². The van der Waals surface area contributed by atoms with E-state index in [1.807, 2.05) is 0 Å². The molecule has 0 bridgehead atoms. The molecule has 2 nitrogen and oxygen atoms in total. The van der Waals surface area contributed by atoms with Crippen molar-refractivity contribution in [3.63, 3.8) is 0 Å². The molecule has 1 N–H and O–H groups in total. The van der Waals surface area contributed by atoms with Gasteiger partial charge in [-0.1, -0.05) is 38.1 Å². The van der Waals surface area contributed by atoms with Gasteiger partial charge in [0.25, 0.3) is 0 Å². The first-order chi connectivity index (χ1) is 9.46. The quantitative estimate of drug-likeness (QED) is 0.890. The van der Waals surface area contributed by atoms with Crippen molar-refractivity contribution >= 4 is 0 Å². The molecule has 0 spiro atoms. The Bertz CT molecular complexity index is 453. The van der Waals surface area contributed by atoms with Crippen molar-refractivity contribution in [3.8, 4) is 0 Å². The average Bonchev–Trinajstić information content (AvgIpc) is 2.80. The van der Waals surface area contributed by atoms with Gasteiger partial charge in [0.15, 0.2) is 0 Å². The summed E-state index contributed by atoms with van der Waals surface area (Å²) in [6, 6.07) is 10.4. The van der Waals surface area contributed by atoms with E-state index in [4.69, 9.17) is 0 Å². The van der Waals surface area contributed by atoms with E-state index < -0.39 is 0 Å². The first-order valence-corrected chi connectivity index (χ1v) is 8.04. The van der Waals surface area contributed by atoms with Gasteiger partial charge in [-0.3, -0.25) is 4.90 Å². The maximum Gasteiger partial charge on any atom is 0.0253 e. The van der Waals surface area contributed by atoms with E-state index in [0.717, 1.165) is 13.1 Å². The van der Waals surface area contributed by atoms with E-state index in [1.165, 1.54) is 12.8 Å². The zero-order valence-electron chi connectivity index (χ0n) is 13.3. The molecule has 1 aromatic carbocycles. The Morgan fingerprint density at radius 3 is 2.30 bits per heavy atom. The molecule has 1 aromatic rings. The second-order valence-electron chi connectivity index (χ2n) is 7.58. The second-order valence-corrected chi connectivity index (χ2v) is 7.58. The molecule has 2 heteroatoms. The number of hydrogen-bond acceptors (Lipinski definition) is 2. The summed E-state index contributed by atoms with van der Waals surface area (Å²) in [4.78, 5) is 2.79. The molecular weight excluding hydrogens is 244 g/mol. The van der Waals surface area contributed by atoms with Crippen molar-refractivity contribution in [2.75, 3.05) is 13.1 Å². The highest BCUT2D eigenvalue weighted by Gasteiger charge is 2.39. The van der Waals surface area contributed by atoms with E-state index in [1.54, 1.807) is 11.1 Å². The minimum absolute atomic E-state index is 0.236. The summed E-state index contributed by atoms with van der Waals surface area (Å²) in [6.45, 7) is 11.7. The van der Waals surface area contributed by atoms with Gasteiger partial charge in [-0.2, -0.15) is 0 Å². The van der Waals surface area contributed by atoms with E-state index in [0.29, 0.717) is 18.0 Å². The van der Waals surface area contributed by atoms with Gasteiger partial charge < -0.3 is 5.32 Å². The molecule has 1 aliphatic carbocycles. The molecular formula is C18H28N2. The summed E-state index contributed by atoms with van der Waals surface area (Å²) >= 11 is 0. The number of hydrogen-bond donors (Lipinski definition) is 1. The largest absolute Gasteiger partial charge is 0.309 e. The fourth-order valence-corrected chi connectivity index (χ4v) is 3.92. The van der Waals surface area contributed by atoms with Crippen LogP contribution in [0, 0.1) is 5.92 Å². The minimum Gasteiger partial charge on any atom is -0.309 e. The predicted octanol–water partition coefficient (Wildman–Crippen LogP) is 2.86. The standard InChI is InChI=1S/C18H28N2/c1-13(2)17-11-19-18(3,4)12-20(17)16-9-14-7-5-6-8-15(14)10-16/h5-8,13,16-17,19H,9-12H2,1-4H3. The summed E-state index contributed by atoms with van der Waals surface area (Å²) in [5, 5.41) is 3.72. The van der Waals surface area contributed by atoms with Crippen molar-refractivity contribution in [2.24, 2.45) is 5.92 Å². The Hall–Kier alpha value is -0.860. The SMILES string of the molecule is CC(C)C1CNC(C)(C)CN1C1Cc2ccccc2C1. The molecule has 0 saturated carbocycles. The fraction of sp³-hybridized carbons (Fsp3) is 0.667. The van der Waals surface area contributed by atoms with Crippen LogP contribution in [0.1, 0.15) is 38.8 Å². The third-order valence-corrected chi connectivity index (χ3v) is 5.06. The summed E-state index contributed by atoms with van der Waals surface area (Å²) in [5.41, 5.74) is 3.37. The molecule has 110 valence electrons. The third kappa shape index (κ3) is 2.64. The lowest BCUT2D eigenvalue weighted by atomic mass is 9.91. The zero-order chi connectivity index (χ0) is 14.3. The zero-order valence-corrected chi connectivity index (χ0v) is 13.3. The van der Waals surface area contributed by atoms with Crippen molar-refractivity contribution in [2.45, 2.75) is 58.2 Å². The first kappa shape index (κ1) is 14.1. The highest BCUT2D eigenvalue weighted by Crippen LogP contribution is 2.31. The molecule has 1 saturated heterocycles. The van der Waals surface area contributed by atoms with Crippen LogP contribution in [0.25, 0.3) is 0 Å². The van der Waals surface area contributed by atoms with Gasteiger partial charge in [-0.15, -0.1) is 0 Å². The fourth-order valence-electron chi connectivity index (χ4n) is 3.92. The van der Waals surface area contributed by atoms with Crippen molar-refractivity contribution in [3.05, 3.63) is 35.4 Å². The molecule has 2 aliphatic rings.